The third kappa shape index (κ3) is 4.32. The Labute approximate surface area is 142 Å². The van der Waals surface area contributed by atoms with Crippen molar-refractivity contribution in [1.82, 2.24) is 5.43 Å². The van der Waals surface area contributed by atoms with E-state index >= 15 is 0 Å². The lowest BCUT2D eigenvalue weighted by molar-refractivity contribution is -0.119. The summed E-state index contributed by atoms with van der Waals surface area (Å²) in [5.74, 6) is -0.101. The van der Waals surface area contributed by atoms with Gasteiger partial charge in [0.05, 0.1) is 6.54 Å². The van der Waals surface area contributed by atoms with Crippen molar-refractivity contribution in [2.24, 2.45) is 5.10 Å². The second kappa shape index (κ2) is 8.11. The minimum atomic E-state index is -0.101. The van der Waals surface area contributed by atoms with E-state index in [9.17, 15) is 4.79 Å². The normalized spacial score (nSPS) is 14.1. The standard InChI is InChI=1S/C20H21N3O/c24-20(22-21-14-6-10-17-8-2-1-3-9-17)16-23-15-7-12-18-11-4-5-13-19(18)23/h1-6,8-11,13-14H,7,12,15-16H2,(H,22,24)/b10-6+,21-14-. The van der Waals surface area contributed by atoms with E-state index < -0.39 is 0 Å². The Kier molecular flexibility index (Phi) is 5.40. The van der Waals surface area contributed by atoms with Crippen molar-refractivity contribution in [2.75, 3.05) is 18.0 Å². The minimum absolute atomic E-state index is 0.101. The molecule has 0 radical (unpaired) electrons. The van der Waals surface area contributed by atoms with Gasteiger partial charge >= 0.3 is 0 Å². The molecule has 0 aliphatic carbocycles. The summed E-state index contributed by atoms with van der Waals surface area (Å²) < 4.78 is 0. The fourth-order valence-electron chi connectivity index (χ4n) is 2.86. The van der Waals surface area contributed by atoms with Crippen LogP contribution in [0.5, 0.6) is 0 Å². The maximum Gasteiger partial charge on any atom is 0.259 e. The fraction of sp³-hybridized carbons (Fsp3) is 0.200. The van der Waals surface area contributed by atoms with Gasteiger partial charge in [-0.2, -0.15) is 5.10 Å². The lowest BCUT2D eigenvalue weighted by Crippen LogP contribution is -2.38. The van der Waals surface area contributed by atoms with Crippen molar-refractivity contribution in [1.29, 1.82) is 0 Å². The molecule has 0 spiro atoms. The number of rotatable bonds is 5. The quantitative estimate of drug-likeness (QED) is 0.679. The molecule has 122 valence electrons. The zero-order valence-electron chi connectivity index (χ0n) is 13.6. The third-order valence-corrected chi connectivity index (χ3v) is 3.98. The number of anilines is 1. The second-order valence-corrected chi connectivity index (χ2v) is 5.74. The first kappa shape index (κ1) is 16.0. The molecule has 1 N–H and O–H groups in total. The van der Waals surface area contributed by atoms with Gasteiger partial charge in [-0.25, -0.2) is 5.43 Å². The Morgan fingerprint density at radius 1 is 1.12 bits per heavy atom. The lowest BCUT2D eigenvalue weighted by Gasteiger charge is -2.30. The highest BCUT2D eigenvalue weighted by Crippen LogP contribution is 2.26. The summed E-state index contributed by atoms with van der Waals surface area (Å²) in [5, 5.41) is 3.97. The van der Waals surface area contributed by atoms with Crippen LogP contribution < -0.4 is 10.3 Å². The van der Waals surface area contributed by atoms with Crippen LogP contribution in [0, 0.1) is 0 Å². The number of nitrogens with zero attached hydrogens (tertiary/aromatic N) is 2. The summed E-state index contributed by atoms with van der Waals surface area (Å²) in [7, 11) is 0. The average molecular weight is 319 g/mol. The number of fused-ring (bicyclic) bond motifs is 1. The number of aryl methyl sites for hydroxylation is 1. The molecule has 1 heterocycles. The van der Waals surface area contributed by atoms with E-state index in [-0.39, 0.29) is 5.91 Å². The van der Waals surface area contributed by atoms with Gasteiger partial charge < -0.3 is 4.90 Å². The predicted molar refractivity (Wildman–Crippen MR) is 99.1 cm³/mol. The van der Waals surface area contributed by atoms with Crippen LogP contribution in [0.3, 0.4) is 0 Å². The van der Waals surface area contributed by atoms with E-state index in [1.54, 1.807) is 6.21 Å². The molecule has 3 rings (SSSR count). The maximum absolute atomic E-state index is 12.1. The molecular formula is C20H21N3O. The van der Waals surface area contributed by atoms with Crippen LogP contribution in [0.15, 0.2) is 65.8 Å². The number of hydrogen-bond acceptors (Lipinski definition) is 3. The van der Waals surface area contributed by atoms with Gasteiger partial charge in [-0.05, 0) is 36.1 Å². The van der Waals surface area contributed by atoms with Crippen molar-refractivity contribution in [3.8, 4) is 0 Å². The summed E-state index contributed by atoms with van der Waals surface area (Å²) in [6.45, 7) is 1.23. The smallest absolute Gasteiger partial charge is 0.259 e. The molecular weight excluding hydrogens is 298 g/mol. The first-order valence-electron chi connectivity index (χ1n) is 8.19. The van der Waals surface area contributed by atoms with Crippen LogP contribution in [0.4, 0.5) is 5.69 Å². The molecule has 24 heavy (non-hydrogen) atoms. The van der Waals surface area contributed by atoms with E-state index in [0.29, 0.717) is 6.54 Å². The number of benzene rings is 2. The largest absolute Gasteiger partial charge is 0.362 e. The molecule has 0 fully saturated rings. The number of carbonyl (C=O) groups excluding carboxylic acids is 1. The SMILES string of the molecule is O=C(CN1CCCc2ccccc21)N/N=C\C=C\c1ccccc1. The monoisotopic (exact) mass is 319 g/mol. The minimum Gasteiger partial charge on any atom is -0.362 e. The zero-order chi connectivity index (χ0) is 16.6. The Hall–Kier alpha value is -2.88. The average Bonchev–Trinajstić information content (AvgIpc) is 2.63. The molecule has 1 aliphatic heterocycles. The summed E-state index contributed by atoms with van der Waals surface area (Å²) in [6, 6.07) is 18.2. The highest BCUT2D eigenvalue weighted by molar-refractivity contribution is 5.84. The van der Waals surface area contributed by atoms with Crippen LogP contribution in [0.2, 0.25) is 0 Å². The molecule has 2 aromatic carbocycles. The molecule has 1 aliphatic rings. The zero-order valence-corrected chi connectivity index (χ0v) is 13.6. The van der Waals surface area contributed by atoms with E-state index in [4.69, 9.17) is 0 Å². The highest BCUT2D eigenvalue weighted by atomic mass is 16.2. The number of hydrogen-bond donors (Lipinski definition) is 1. The van der Waals surface area contributed by atoms with Gasteiger partial charge in [0.15, 0.2) is 0 Å². The van der Waals surface area contributed by atoms with Gasteiger partial charge in [-0.1, -0.05) is 54.6 Å². The van der Waals surface area contributed by atoms with Crippen molar-refractivity contribution >= 4 is 23.9 Å². The summed E-state index contributed by atoms with van der Waals surface area (Å²) in [6.07, 6.45) is 7.50. The Balaban J connectivity index is 1.50. The van der Waals surface area contributed by atoms with Crippen LogP contribution in [-0.2, 0) is 11.2 Å². The number of carbonyl (C=O) groups is 1. The third-order valence-electron chi connectivity index (χ3n) is 3.98. The van der Waals surface area contributed by atoms with Crippen molar-refractivity contribution in [2.45, 2.75) is 12.8 Å². The van der Waals surface area contributed by atoms with Gasteiger partial charge in [-0.15, -0.1) is 0 Å². The fourth-order valence-corrected chi connectivity index (χ4v) is 2.86. The van der Waals surface area contributed by atoms with Crippen molar-refractivity contribution in [3.63, 3.8) is 0 Å². The summed E-state index contributed by atoms with van der Waals surface area (Å²) in [4.78, 5) is 14.2. The predicted octanol–water partition coefficient (Wildman–Crippen LogP) is 3.25. The summed E-state index contributed by atoms with van der Waals surface area (Å²) in [5.41, 5.74) is 6.15. The molecule has 0 saturated carbocycles. The number of amides is 1. The van der Waals surface area contributed by atoms with Crippen molar-refractivity contribution in [3.05, 3.63) is 71.8 Å². The molecule has 0 atom stereocenters. The van der Waals surface area contributed by atoms with Crippen molar-refractivity contribution < 1.29 is 4.79 Å². The first-order chi connectivity index (χ1) is 11.8. The molecule has 0 saturated heterocycles. The Bertz CT molecular complexity index is 738. The molecule has 0 unspecified atom stereocenters. The highest BCUT2D eigenvalue weighted by Gasteiger charge is 2.18. The van der Waals surface area contributed by atoms with Crippen LogP contribution in [0.1, 0.15) is 17.5 Å². The molecule has 1 amide bonds. The molecule has 0 aromatic heterocycles. The number of para-hydroxylation sites is 1. The molecule has 4 heteroatoms. The van der Waals surface area contributed by atoms with Crippen LogP contribution in [-0.4, -0.2) is 25.2 Å². The van der Waals surface area contributed by atoms with E-state index in [2.05, 4.69) is 27.6 Å². The van der Waals surface area contributed by atoms with Crippen LogP contribution in [0.25, 0.3) is 6.08 Å². The van der Waals surface area contributed by atoms with Crippen LogP contribution >= 0.6 is 0 Å². The summed E-state index contributed by atoms with van der Waals surface area (Å²) >= 11 is 0. The molecule has 0 bridgehead atoms. The number of allylic oxidation sites excluding steroid dienone is 1. The second-order valence-electron chi connectivity index (χ2n) is 5.74. The number of nitrogens with one attached hydrogen (secondary N) is 1. The lowest BCUT2D eigenvalue weighted by atomic mass is 10.0. The van der Waals surface area contributed by atoms with E-state index in [0.717, 1.165) is 30.6 Å². The van der Waals surface area contributed by atoms with Gasteiger partial charge in [0.25, 0.3) is 5.91 Å². The Morgan fingerprint density at radius 3 is 2.79 bits per heavy atom. The number of hydrazone groups is 1. The molecule has 2 aromatic rings. The van der Waals surface area contributed by atoms with Gasteiger partial charge in [0.1, 0.15) is 0 Å². The van der Waals surface area contributed by atoms with E-state index in [1.165, 1.54) is 5.56 Å². The van der Waals surface area contributed by atoms with Gasteiger partial charge in [0, 0.05) is 18.4 Å². The van der Waals surface area contributed by atoms with Gasteiger partial charge in [0.2, 0.25) is 0 Å². The van der Waals surface area contributed by atoms with Gasteiger partial charge in [-0.3, -0.25) is 4.79 Å². The molecule has 4 nitrogen and oxygen atoms in total. The first-order valence-corrected chi connectivity index (χ1v) is 8.19. The van der Waals surface area contributed by atoms with E-state index in [1.807, 2.05) is 54.6 Å². The maximum atomic E-state index is 12.1. The topological polar surface area (TPSA) is 44.7 Å². The Morgan fingerprint density at radius 2 is 1.92 bits per heavy atom.